The van der Waals surface area contributed by atoms with E-state index in [1.165, 1.54) is 28.7 Å². The highest BCUT2D eigenvalue weighted by molar-refractivity contribution is 5.93. The van der Waals surface area contributed by atoms with Crippen molar-refractivity contribution in [1.29, 1.82) is 5.26 Å². The first kappa shape index (κ1) is 29.6. The molecule has 0 aliphatic carbocycles. The predicted molar refractivity (Wildman–Crippen MR) is 146 cm³/mol. The van der Waals surface area contributed by atoms with Crippen molar-refractivity contribution in [2.24, 2.45) is 0 Å². The van der Waals surface area contributed by atoms with Crippen LogP contribution in [0.15, 0.2) is 58.5 Å². The lowest BCUT2D eigenvalue weighted by Gasteiger charge is -2.36. The zero-order valence-electron chi connectivity index (χ0n) is 23.5. The minimum atomic E-state index is -4.61. The molecule has 9 nitrogen and oxygen atoms in total. The maximum Gasteiger partial charge on any atom is 0.416 e. The van der Waals surface area contributed by atoms with E-state index in [1.807, 2.05) is 0 Å². The number of rotatable bonds is 8. The van der Waals surface area contributed by atoms with E-state index >= 15 is 0 Å². The van der Waals surface area contributed by atoms with Crippen LogP contribution in [0, 0.1) is 11.3 Å². The Kier molecular flexibility index (Phi) is 8.12. The van der Waals surface area contributed by atoms with Crippen LogP contribution in [0.25, 0.3) is 0 Å². The molecule has 0 saturated heterocycles. The number of hydrogen-bond acceptors (Lipinski definition) is 6. The number of quaternary nitrogens is 1. The van der Waals surface area contributed by atoms with Crippen molar-refractivity contribution in [2.75, 3.05) is 39.7 Å². The molecule has 0 amide bonds. The molecule has 0 fully saturated rings. The molecule has 3 aromatic rings. The van der Waals surface area contributed by atoms with Gasteiger partial charge in [0.2, 0.25) is 5.95 Å². The summed E-state index contributed by atoms with van der Waals surface area (Å²) in [6.07, 6.45) is -2.33. The van der Waals surface area contributed by atoms with Crippen molar-refractivity contribution in [2.45, 2.75) is 38.4 Å². The lowest BCUT2D eigenvalue weighted by Crippen LogP contribution is -2.38. The summed E-state index contributed by atoms with van der Waals surface area (Å²) in [6, 6.07) is 10.8. The van der Waals surface area contributed by atoms with Crippen molar-refractivity contribution in [1.82, 2.24) is 14.8 Å². The first-order valence-electron chi connectivity index (χ1n) is 13.0. The Bertz CT molecular complexity index is 1590. The van der Waals surface area contributed by atoms with E-state index in [0.29, 0.717) is 17.5 Å². The summed E-state index contributed by atoms with van der Waals surface area (Å²) < 4.78 is 47.9. The molecule has 2 aromatic carbocycles. The quantitative estimate of drug-likeness (QED) is 0.240. The number of carbonyl (C=O) groups excluding carboxylic acids is 1. The smallest absolute Gasteiger partial charge is 0.416 e. The number of methoxy groups -OCH3 is 1. The van der Waals surface area contributed by atoms with Gasteiger partial charge in [-0.1, -0.05) is 12.1 Å². The molecule has 12 heteroatoms. The molecule has 0 bridgehead atoms. The summed E-state index contributed by atoms with van der Waals surface area (Å²) >= 11 is 0. The molecular weight excluding hydrogens is 537 g/mol. The predicted octanol–water partition coefficient (Wildman–Crippen LogP) is 4.68. The zero-order valence-corrected chi connectivity index (χ0v) is 23.5. The van der Waals surface area contributed by atoms with Crippen LogP contribution in [0.3, 0.4) is 0 Å². The Balaban J connectivity index is 1.91. The van der Waals surface area contributed by atoms with Gasteiger partial charge in [0.15, 0.2) is 0 Å². The van der Waals surface area contributed by atoms with Gasteiger partial charge in [0.05, 0.1) is 57.6 Å². The van der Waals surface area contributed by atoms with Gasteiger partial charge in [0.25, 0.3) is 0 Å². The number of aryl methyl sites for hydroxylation is 1. The lowest BCUT2D eigenvalue weighted by molar-refractivity contribution is -0.870. The van der Waals surface area contributed by atoms with Crippen LogP contribution < -0.4 is 10.6 Å². The molecule has 216 valence electrons. The lowest BCUT2D eigenvalue weighted by atomic mass is 9.88. The van der Waals surface area contributed by atoms with Gasteiger partial charge in [0.1, 0.15) is 6.04 Å². The number of anilines is 2. The summed E-state index contributed by atoms with van der Waals surface area (Å²) in [4.78, 5) is 27.9. The van der Waals surface area contributed by atoms with Gasteiger partial charge in [-0.3, -0.25) is 4.90 Å². The number of nitriles is 1. The van der Waals surface area contributed by atoms with E-state index in [1.54, 1.807) is 25.1 Å². The fourth-order valence-electron chi connectivity index (χ4n) is 5.14. The molecule has 1 N–H and O–H groups in total. The second-order valence-corrected chi connectivity index (χ2v) is 11.0. The molecule has 1 atom stereocenters. The highest BCUT2D eigenvalue weighted by atomic mass is 19.4. The molecule has 0 saturated carbocycles. The molecule has 0 radical (unpaired) electrons. The minimum absolute atomic E-state index is 0.0184. The number of benzene rings is 2. The van der Waals surface area contributed by atoms with Gasteiger partial charge in [-0.05, 0) is 67.6 Å². The van der Waals surface area contributed by atoms with Crippen LogP contribution in [0.1, 0.15) is 48.1 Å². The molecule has 0 spiro atoms. The molecule has 41 heavy (non-hydrogen) atoms. The van der Waals surface area contributed by atoms with E-state index in [9.17, 15) is 28.0 Å². The van der Waals surface area contributed by atoms with E-state index in [-0.39, 0.29) is 22.9 Å². The number of halogens is 3. The van der Waals surface area contributed by atoms with Crippen molar-refractivity contribution in [3.8, 4) is 6.07 Å². The number of esters is 1. The summed E-state index contributed by atoms with van der Waals surface area (Å²) in [5, 5.41) is 16.1. The standard InChI is InChI=1S/C29H31F3N6O3/c1-18-24(26(39)41-5)25(23-13-12-19(17-33)15-20(23)9-6-7-14-38(2,3)4)37-27(34-35-28(37)40)36(18)22-11-8-10-21(16-22)29(30,31)32/h8,10-13,15-16,25H,6-7,9,14H2,1-5H3/p+1/t25-/m1/s1. The molecule has 1 aliphatic heterocycles. The van der Waals surface area contributed by atoms with Crippen LogP contribution in [0.4, 0.5) is 24.8 Å². The number of hydrogen-bond donors (Lipinski definition) is 1. The van der Waals surface area contributed by atoms with Gasteiger partial charge in [-0.15, -0.1) is 5.10 Å². The van der Waals surface area contributed by atoms with Crippen LogP contribution in [0.2, 0.25) is 0 Å². The molecule has 1 aliphatic rings. The van der Waals surface area contributed by atoms with Crippen LogP contribution in [-0.2, 0) is 22.1 Å². The topological polar surface area (TPSA) is 104 Å². The van der Waals surface area contributed by atoms with Crippen molar-refractivity contribution < 1.29 is 27.2 Å². The monoisotopic (exact) mass is 569 g/mol. The summed E-state index contributed by atoms with van der Waals surface area (Å²) in [5.41, 5.74) is 0.646. The van der Waals surface area contributed by atoms with Crippen LogP contribution in [-0.4, -0.2) is 60.0 Å². The Morgan fingerprint density at radius 2 is 1.90 bits per heavy atom. The van der Waals surface area contributed by atoms with Gasteiger partial charge in [0, 0.05) is 11.4 Å². The first-order valence-corrected chi connectivity index (χ1v) is 13.0. The van der Waals surface area contributed by atoms with Gasteiger partial charge >= 0.3 is 17.8 Å². The summed E-state index contributed by atoms with van der Waals surface area (Å²) in [5.74, 6) is -0.728. The van der Waals surface area contributed by atoms with E-state index in [4.69, 9.17) is 4.74 Å². The number of aromatic amines is 1. The first-order chi connectivity index (χ1) is 19.3. The van der Waals surface area contributed by atoms with Gasteiger partial charge in [-0.25, -0.2) is 19.3 Å². The Labute approximate surface area is 235 Å². The maximum absolute atomic E-state index is 13.6. The highest BCUT2D eigenvalue weighted by Crippen LogP contribution is 2.43. The van der Waals surface area contributed by atoms with Gasteiger partial charge in [-0.2, -0.15) is 18.4 Å². The molecule has 4 rings (SSSR count). The van der Waals surface area contributed by atoms with Crippen molar-refractivity contribution >= 4 is 17.6 Å². The molecular formula is C29H32F3N6O3+. The fraction of sp³-hybridized carbons (Fsp3) is 0.379. The average molecular weight is 570 g/mol. The fourth-order valence-corrected chi connectivity index (χ4v) is 5.14. The van der Waals surface area contributed by atoms with Crippen molar-refractivity contribution in [3.05, 3.63) is 86.5 Å². The number of nitrogens with zero attached hydrogens (tertiary/aromatic N) is 5. The number of carbonyl (C=O) groups is 1. The number of fused-ring (bicyclic) bond motifs is 1. The largest absolute Gasteiger partial charge is 0.466 e. The summed E-state index contributed by atoms with van der Waals surface area (Å²) in [7, 11) is 7.50. The molecule has 1 aromatic heterocycles. The SMILES string of the molecule is COC(=O)C1=C(C)N(c2cccc(C(F)(F)F)c2)c2n[nH]c(=O)n2[C@@H]1c1ccc(C#N)cc1CCCC[N+](C)(C)C. The van der Waals surface area contributed by atoms with E-state index in [0.717, 1.165) is 41.6 Å². The Morgan fingerprint density at radius 3 is 2.54 bits per heavy atom. The third-order valence-corrected chi connectivity index (χ3v) is 7.07. The average Bonchev–Trinajstić information content (AvgIpc) is 3.29. The zero-order chi connectivity index (χ0) is 30.1. The number of ether oxygens (including phenoxy) is 1. The summed E-state index contributed by atoms with van der Waals surface area (Å²) in [6.45, 7) is 2.51. The van der Waals surface area contributed by atoms with Gasteiger partial charge < -0.3 is 9.22 Å². The number of aromatic nitrogens is 3. The molecule has 0 unspecified atom stereocenters. The number of nitrogens with one attached hydrogen (secondary N) is 1. The number of alkyl halides is 3. The molecule has 2 heterocycles. The normalized spacial score (nSPS) is 15.5. The van der Waals surface area contributed by atoms with Crippen LogP contribution in [0.5, 0.6) is 0 Å². The Morgan fingerprint density at radius 1 is 1.17 bits per heavy atom. The van der Waals surface area contributed by atoms with E-state index < -0.39 is 29.4 Å². The number of allylic oxidation sites excluding steroid dienone is 1. The second-order valence-electron chi connectivity index (χ2n) is 11.0. The highest BCUT2D eigenvalue weighted by Gasteiger charge is 2.41. The third kappa shape index (κ3) is 6.05. The Hall–Kier alpha value is -4.37. The third-order valence-electron chi connectivity index (χ3n) is 7.07. The van der Waals surface area contributed by atoms with Crippen molar-refractivity contribution in [3.63, 3.8) is 0 Å². The van der Waals surface area contributed by atoms with Crippen LogP contribution >= 0.6 is 0 Å². The number of unbranched alkanes of at least 4 members (excludes halogenated alkanes) is 1. The number of H-pyrrole nitrogens is 1. The maximum atomic E-state index is 13.6. The second kappa shape index (κ2) is 11.2. The van der Waals surface area contributed by atoms with E-state index in [2.05, 4.69) is 37.4 Å². The minimum Gasteiger partial charge on any atom is -0.466 e.